The zero-order valence-corrected chi connectivity index (χ0v) is 10.2. The molecule has 2 saturated carbocycles. The summed E-state index contributed by atoms with van der Waals surface area (Å²) in [6.45, 7) is 0. The van der Waals surface area contributed by atoms with E-state index in [0.29, 0.717) is 23.3 Å². The highest BCUT2D eigenvalue weighted by atomic mass is 16.1. The topological polar surface area (TPSA) is 80.0 Å². The van der Waals surface area contributed by atoms with Gasteiger partial charge in [0.1, 0.15) is 5.82 Å². The van der Waals surface area contributed by atoms with Crippen molar-refractivity contribution >= 4 is 11.7 Å². The van der Waals surface area contributed by atoms with E-state index >= 15 is 0 Å². The molecule has 2 bridgehead atoms. The molecule has 0 radical (unpaired) electrons. The third-order valence-electron chi connectivity index (χ3n) is 4.23. The second-order valence-corrected chi connectivity index (χ2v) is 5.33. The molecule has 2 fully saturated rings. The molecule has 4 N–H and O–H groups in total. The smallest absolute Gasteiger partial charge is 0.253 e. The van der Waals surface area contributed by atoms with E-state index in [0.717, 1.165) is 12.3 Å². The Bertz CT molecular complexity index is 445. The second kappa shape index (κ2) is 4.57. The molecular weight excluding hydrogens is 228 g/mol. The Kier molecular flexibility index (Phi) is 2.91. The fourth-order valence-electron chi connectivity index (χ4n) is 3.29. The van der Waals surface area contributed by atoms with Crippen molar-refractivity contribution in [2.24, 2.45) is 17.7 Å². The average Bonchev–Trinajstić information content (AvgIpc) is 3.01. The highest BCUT2D eigenvalue weighted by Crippen LogP contribution is 2.44. The maximum atomic E-state index is 12.1. The number of carbonyl (C=O) groups is 1. The molecular formula is C13H18N4O. The van der Waals surface area contributed by atoms with E-state index in [1.165, 1.54) is 19.3 Å². The maximum absolute atomic E-state index is 12.1. The van der Waals surface area contributed by atoms with E-state index in [2.05, 4.69) is 15.7 Å². The molecule has 3 rings (SSSR count). The standard InChI is InChI=1S/C13H18N4O/c14-17-12-4-3-10(7-15-12)13(18)16-11-6-8-1-2-9(11)5-8/h3-4,7-9,11H,1-2,5-6,14H2,(H,15,17)(H,16,18). The van der Waals surface area contributed by atoms with Crippen molar-refractivity contribution in [1.82, 2.24) is 10.3 Å². The first-order valence-corrected chi connectivity index (χ1v) is 6.50. The molecule has 1 aromatic heterocycles. The molecule has 0 aromatic carbocycles. The van der Waals surface area contributed by atoms with Gasteiger partial charge in [0.2, 0.25) is 0 Å². The van der Waals surface area contributed by atoms with Crippen molar-refractivity contribution in [2.45, 2.75) is 31.7 Å². The summed E-state index contributed by atoms with van der Waals surface area (Å²) in [7, 11) is 0. The number of nitrogens with two attached hydrogens (primary N) is 1. The predicted octanol–water partition coefficient (Wildman–Crippen LogP) is 1.29. The summed E-state index contributed by atoms with van der Waals surface area (Å²) < 4.78 is 0. The number of nitrogen functional groups attached to an aromatic ring is 1. The summed E-state index contributed by atoms with van der Waals surface area (Å²) in [4.78, 5) is 16.1. The molecule has 1 aromatic rings. The number of hydrogen-bond acceptors (Lipinski definition) is 4. The molecule has 0 spiro atoms. The van der Waals surface area contributed by atoms with Crippen LogP contribution < -0.4 is 16.6 Å². The van der Waals surface area contributed by atoms with Crippen molar-refractivity contribution in [3.05, 3.63) is 23.9 Å². The largest absolute Gasteiger partial charge is 0.349 e. The normalized spacial score (nSPS) is 29.3. The Balaban J connectivity index is 1.64. The van der Waals surface area contributed by atoms with Crippen LogP contribution in [-0.4, -0.2) is 16.9 Å². The van der Waals surface area contributed by atoms with Gasteiger partial charge in [-0.1, -0.05) is 6.42 Å². The van der Waals surface area contributed by atoms with Gasteiger partial charge in [0.05, 0.1) is 5.56 Å². The lowest BCUT2D eigenvalue weighted by Crippen LogP contribution is -2.38. The zero-order valence-electron chi connectivity index (χ0n) is 10.2. The van der Waals surface area contributed by atoms with Gasteiger partial charge < -0.3 is 10.7 Å². The first-order chi connectivity index (χ1) is 8.76. The minimum absolute atomic E-state index is 0.0244. The summed E-state index contributed by atoms with van der Waals surface area (Å²) >= 11 is 0. The van der Waals surface area contributed by atoms with Gasteiger partial charge in [-0.15, -0.1) is 0 Å². The molecule has 0 aliphatic heterocycles. The van der Waals surface area contributed by atoms with Gasteiger partial charge in [-0.05, 0) is 43.2 Å². The number of aromatic nitrogens is 1. The van der Waals surface area contributed by atoms with Crippen LogP contribution in [0.2, 0.25) is 0 Å². The van der Waals surface area contributed by atoms with Gasteiger partial charge in [0.25, 0.3) is 5.91 Å². The summed E-state index contributed by atoms with van der Waals surface area (Å²) in [5.74, 6) is 7.30. The third kappa shape index (κ3) is 2.06. The lowest BCUT2D eigenvalue weighted by molar-refractivity contribution is 0.0922. The van der Waals surface area contributed by atoms with Crippen LogP contribution in [0, 0.1) is 11.8 Å². The van der Waals surface area contributed by atoms with Crippen molar-refractivity contribution in [3.8, 4) is 0 Å². The van der Waals surface area contributed by atoms with E-state index in [1.807, 2.05) is 0 Å². The maximum Gasteiger partial charge on any atom is 0.253 e. The van der Waals surface area contributed by atoms with Crippen LogP contribution in [0.5, 0.6) is 0 Å². The van der Waals surface area contributed by atoms with Crippen molar-refractivity contribution in [1.29, 1.82) is 0 Å². The first-order valence-electron chi connectivity index (χ1n) is 6.50. The summed E-state index contributed by atoms with van der Waals surface area (Å²) in [6, 6.07) is 3.81. The fraction of sp³-hybridized carbons (Fsp3) is 0.538. The Morgan fingerprint density at radius 1 is 1.33 bits per heavy atom. The van der Waals surface area contributed by atoms with Gasteiger partial charge in [0, 0.05) is 12.2 Å². The van der Waals surface area contributed by atoms with Crippen LogP contribution in [-0.2, 0) is 0 Å². The van der Waals surface area contributed by atoms with Gasteiger partial charge in [-0.25, -0.2) is 10.8 Å². The van der Waals surface area contributed by atoms with E-state index in [-0.39, 0.29) is 5.91 Å². The number of nitrogens with one attached hydrogen (secondary N) is 2. The molecule has 0 saturated heterocycles. The lowest BCUT2D eigenvalue weighted by atomic mass is 9.95. The number of hydrazine groups is 1. The third-order valence-corrected chi connectivity index (χ3v) is 4.23. The molecule has 5 heteroatoms. The Hall–Kier alpha value is -1.62. The summed E-state index contributed by atoms with van der Waals surface area (Å²) in [5, 5.41) is 3.13. The predicted molar refractivity (Wildman–Crippen MR) is 68.7 cm³/mol. The number of nitrogens with zero attached hydrogens (tertiary/aromatic N) is 1. The van der Waals surface area contributed by atoms with Crippen LogP contribution in [0.15, 0.2) is 18.3 Å². The lowest BCUT2D eigenvalue weighted by Gasteiger charge is -2.22. The van der Waals surface area contributed by atoms with E-state index in [4.69, 9.17) is 5.84 Å². The molecule has 1 heterocycles. The molecule has 2 aliphatic carbocycles. The summed E-state index contributed by atoms with van der Waals surface area (Å²) in [5.41, 5.74) is 3.04. The van der Waals surface area contributed by atoms with Crippen LogP contribution in [0.3, 0.4) is 0 Å². The second-order valence-electron chi connectivity index (χ2n) is 5.33. The SMILES string of the molecule is NNc1ccc(C(=O)NC2CC3CCC2C3)cn1. The van der Waals surface area contributed by atoms with E-state index in [9.17, 15) is 4.79 Å². The Morgan fingerprint density at radius 3 is 2.78 bits per heavy atom. The van der Waals surface area contributed by atoms with E-state index in [1.54, 1.807) is 18.3 Å². The van der Waals surface area contributed by atoms with Crippen LogP contribution >= 0.6 is 0 Å². The van der Waals surface area contributed by atoms with Gasteiger partial charge in [0.15, 0.2) is 0 Å². The number of rotatable bonds is 3. The number of amides is 1. The van der Waals surface area contributed by atoms with Crippen molar-refractivity contribution in [2.75, 3.05) is 5.43 Å². The molecule has 5 nitrogen and oxygen atoms in total. The minimum atomic E-state index is -0.0244. The fourth-order valence-corrected chi connectivity index (χ4v) is 3.29. The monoisotopic (exact) mass is 246 g/mol. The average molecular weight is 246 g/mol. The molecule has 3 atom stereocenters. The van der Waals surface area contributed by atoms with Gasteiger partial charge in [-0.3, -0.25) is 4.79 Å². The molecule has 2 aliphatic rings. The zero-order chi connectivity index (χ0) is 12.5. The van der Waals surface area contributed by atoms with Gasteiger partial charge >= 0.3 is 0 Å². The van der Waals surface area contributed by atoms with Crippen molar-refractivity contribution in [3.63, 3.8) is 0 Å². The molecule has 1 amide bonds. The summed E-state index contributed by atoms with van der Waals surface area (Å²) in [6.07, 6.45) is 6.60. The Labute approximate surface area is 106 Å². The minimum Gasteiger partial charge on any atom is -0.349 e. The van der Waals surface area contributed by atoms with Crippen molar-refractivity contribution < 1.29 is 4.79 Å². The van der Waals surface area contributed by atoms with Gasteiger partial charge in [-0.2, -0.15) is 0 Å². The highest BCUT2D eigenvalue weighted by Gasteiger charge is 2.40. The molecule has 18 heavy (non-hydrogen) atoms. The quantitative estimate of drug-likeness (QED) is 0.554. The highest BCUT2D eigenvalue weighted by molar-refractivity contribution is 5.94. The first kappa shape index (κ1) is 11.5. The van der Waals surface area contributed by atoms with Crippen LogP contribution in [0.4, 0.5) is 5.82 Å². The number of anilines is 1. The van der Waals surface area contributed by atoms with Crippen LogP contribution in [0.1, 0.15) is 36.0 Å². The number of fused-ring (bicyclic) bond motifs is 2. The van der Waals surface area contributed by atoms with E-state index < -0.39 is 0 Å². The molecule has 3 unspecified atom stereocenters. The number of pyridine rings is 1. The Morgan fingerprint density at radius 2 is 2.22 bits per heavy atom. The number of hydrogen-bond donors (Lipinski definition) is 3. The van der Waals surface area contributed by atoms with Crippen LogP contribution in [0.25, 0.3) is 0 Å². The number of carbonyl (C=O) groups excluding carboxylic acids is 1. The molecule has 96 valence electrons.